The number of ether oxygens (including phenoxy) is 1. The van der Waals surface area contributed by atoms with E-state index in [1.807, 2.05) is 12.1 Å². The molecule has 11 nitrogen and oxygen atoms in total. The predicted octanol–water partition coefficient (Wildman–Crippen LogP) is 3.72. The van der Waals surface area contributed by atoms with Crippen LogP contribution in [0.3, 0.4) is 0 Å². The molecule has 4 aromatic rings. The molecule has 216 valence electrons. The van der Waals surface area contributed by atoms with Crippen LogP contribution in [-0.2, 0) is 16.6 Å². The highest BCUT2D eigenvalue weighted by Gasteiger charge is 2.32. The molecular formula is C29H35N7O4S. The fourth-order valence-corrected chi connectivity index (χ4v) is 7.80. The van der Waals surface area contributed by atoms with Crippen molar-refractivity contribution in [3.05, 3.63) is 70.7 Å². The molecule has 0 amide bonds. The smallest absolute Gasteiger partial charge is 0.294 e. The third kappa shape index (κ3) is 5.45. The van der Waals surface area contributed by atoms with Crippen molar-refractivity contribution < 1.29 is 13.2 Å². The summed E-state index contributed by atoms with van der Waals surface area (Å²) in [6.07, 6.45) is 8.63. The van der Waals surface area contributed by atoms with E-state index in [2.05, 4.69) is 39.4 Å². The molecule has 1 unspecified atom stereocenters. The van der Waals surface area contributed by atoms with Crippen LogP contribution in [0.25, 0.3) is 11.0 Å². The summed E-state index contributed by atoms with van der Waals surface area (Å²) in [4.78, 5) is 29.2. The van der Waals surface area contributed by atoms with Gasteiger partial charge in [0.05, 0.1) is 30.3 Å². The molecule has 1 N–H and O–H groups in total. The number of rotatable bonds is 9. The van der Waals surface area contributed by atoms with Crippen LogP contribution in [0.15, 0.2) is 53.8 Å². The Kier molecular flexibility index (Phi) is 7.52. The first kappa shape index (κ1) is 27.4. The minimum Gasteiger partial charge on any atom is -0.488 e. The first-order valence-corrected chi connectivity index (χ1v) is 15.7. The standard InChI is InChI=1S/C29H35N7O4S/c1-3-40-26-14-22-15-31-29(32-23-10-8-20(9-11-23)21-12-13-34(2)17-21)33-27(22)35(28(26)37)18-24-16-30-19-36(24)41(38,39)25-6-4-5-7-25/h8-11,14-16,19,21,25H,3-7,12-13,17-18H2,1-2H3,(H,31,32,33). The molecule has 1 saturated carbocycles. The van der Waals surface area contributed by atoms with Crippen molar-refractivity contribution in [2.45, 2.75) is 56.7 Å². The first-order chi connectivity index (χ1) is 19.8. The van der Waals surface area contributed by atoms with Crippen molar-refractivity contribution in [1.29, 1.82) is 0 Å². The van der Waals surface area contributed by atoms with E-state index in [1.165, 1.54) is 26.6 Å². The first-order valence-electron chi connectivity index (χ1n) is 14.2. The van der Waals surface area contributed by atoms with Crippen molar-refractivity contribution in [1.82, 2.24) is 28.4 Å². The van der Waals surface area contributed by atoms with Gasteiger partial charge in [0.15, 0.2) is 5.75 Å². The molecular weight excluding hydrogens is 542 g/mol. The van der Waals surface area contributed by atoms with E-state index in [0.717, 1.165) is 38.0 Å². The number of benzene rings is 1. The summed E-state index contributed by atoms with van der Waals surface area (Å²) < 4.78 is 35.0. The minimum atomic E-state index is -3.63. The van der Waals surface area contributed by atoms with Crippen molar-refractivity contribution in [3.63, 3.8) is 0 Å². The second kappa shape index (κ2) is 11.2. The van der Waals surface area contributed by atoms with E-state index >= 15 is 0 Å². The lowest BCUT2D eigenvalue weighted by Crippen LogP contribution is -2.29. The Labute approximate surface area is 239 Å². The molecule has 1 atom stereocenters. The van der Waals surface area contributed by atoms with E-state index in [9.17, 15) is 13.2 Å². The number of anilines is 2. The van der Waals surface area contributed by atoms with Gasteiger partial charge < -0.3 is 15.0 Å². The Bertz CT molecular complexity index is 1710. The van der Waals surface area contributed by atoms with Gasteiger partial charge in [0.2, 0.25) is 16.0 Å². The van der Waals surface area contributed by atoms with Crippen molar-refractivity contribution >= 4 is 32.7 Å². The summed E-state index contributed by atoms with van der Waals surface area (Å²) in [6, 6.07) is 9.91. The highest BCUT2D eigenvalue weighted by atomic mass is 32.2. The number of pyridine rings is 1. The molecule has 1 aliphatic carbocycles. The number of hydrogen-bond donors (Lipinski definition) is 1. The number of nitrogens with one attached hydrogen (secondary N) is 1. The van der Waals surface area contributed by atoms with E-state index in [-0.39, 0.29) is 12.3 Å². The molecule has 1 saturated heterocycles. The molecule has 0 radical (unpaired) electrons. The maximum absolute atomic E-state index is 13.5. The lowest BCUT2D eigenvalue weighted by Gasteiger charge is -2.17. The molecule has 12 heteroatoms. The zero-order valence-corrected chi connectivity index (χ0v) is 24.2. The van der Waals surface area contributed by atoms with Crippen LogP contribution in [0.4, 0.5) is 11.6 Å². The van der Waals surface area contributed by atoms with Gasteiger partial charge in [-0.15, -0.1) is 0 Å². The molecule has 3 aromatic heterocycles. The quantitative estimate of drug-likeness (QED) is 0.317. The van der Waals surface area contributed by atoms with Gasteiger partial charge >= 0.3 is 0 Å². The molecule has 1 aromatic carbocycles. The molecule has 6 rings (SSSR count). The predicted molar refractivity (Wildman–Crippen MR) is 157 cm³/mol. The Morgan fingerprint density at radius 2 is 1.88 bits per heavy atom. The van der Waals surface area contributed by atoms with Crippen molar-refractivity contribution in [2.24, 2.45) is 0 Å². The lowest BCUT2D eigenvalue weighted by molar-refractivity contribution is 0.333. The third-order valence-electron chi connectivity index (χ3n) is 8.12. The van der Waals surface area contributed by atoms with Gasteiger partial charge in [-0.3, -0.25) is 9.36 Å². The van der Waals surface area contributed by atoms with Gasteiger partial charge in [0.1, 0.15) is 12.0 Å². The molecule has 1 aliphatic heterocycles. The maximum atomic E-state index is 13.5. The number of nitrogens with zero attached hydrogens (tertiary/aromatic N) is 6. The summed E-state index contributed by atoms with van der Waals surface area (Å²) in [5.41, 5.74) is 2.49. The van der Waals surface area contributed by atoms with Gasteiger partial charge in [-0.2, -0.15) is 4.98 Å². The van der Waals surface area contributed by atoms with E-state index in [0.29, 0.717) is 48.0 Å². The van der Waals surface area contributed by atoms with Crippen molar-refractivity contribution in [2.75, 3.05) is 32.1 Å². The van der Waals surface area contributed by atoms with E-state index in [4.69, 9.17) is 9.72 Å². The number of hydrogen-bond acceptors (Lipinski definition) is 9. The zero-order chi connectivity index (χ0) is 28.6. The summed E-state index contributed by atoms with van der Waals surface area (Å²) in [7, 11) is -1.49. The number of fused-ring (bicyclic) bond motifs is 1. The highest BCUT2D eigenvalue weighted by Crippen LogP contribution is 2.29. The average Bonchev–Trinajstić information content (AvgIpc) is 3.75. The largest absolute Gasteiger partial charge is 0.488 e. The maximum Gasteiger partial charge on any atom is 0.294 e. The summed E-state index contributed by atoms with van der Waals surface area (Å²) in [5.74, 6) is 1.02. The minimum absolute atomic E-state index is 0.0385. The third-order valence-corrected chi connectivity index (χ3v) is 10.3. The fourth-order valence-electron chi connectivity index (χ4n) is 5.93. The van der Waals surface area contributed by atoms with Crippen LogP contribution < -0.4 is 15.6 Å². The SMILES string of the molecule is CCOc1cc2cnc(Nc3ccc(C4CCN(C)C4)cc3)nc2n(Cc2cncn2S(=O)(=O)C2CCCC2)c1=O. The van der Waals surface area contributed by atoms with Gasteiger partial charge in [-0.1, -0.05) is 25.0 Å². The van der Waals surface area contributed by atoms with Gasteiger partial charge in [-0.05, 0) is 69.5 Å². The Morgan fingerprint density at radius 1 is 1.10 bits per heavy atom. The fraction of sp³-hybridized carbons (Fsp3) is 0.448. The van der Waals surface area contributed by atoms with Crippen LogP contribution >= 0.6 is 0 Å². The molecule has 41 heavy (non-hydrogen) atoms. The van der Waals surface area contributed by atoms with Crippen LogP contribution in [-0.4, -0.2) is 68.8 Å². The average molecular weight is 578 g/mol. The summed E-state index contributed by atoms with van der Waals surface area (Å²) in [6.45, 7) is 4.24. The van der Waals surface area contributed by atoms with Gasteiger partial charge in [-0.25, -0.2) is 22.4 Å². The van der Waals surface area contributed by atoms with E-state index in [1.54, 1.807) is 19.2 Å². The number of likely N-dealkylation sites (tertiary alicyclic amines) is 1. The monoisotopic (exact) mass is 577 g/mol. The molecule has 0 spiro atoms. The summed E-state index contributed by atoms with van der Waals surface area (Å²) in [5, 5.41) is 3.40. The highest BCUT2D eigenvalue weighted by molar-refractivity contribution is 7.90. The Balaban J connectivity index is 1.34. The topological polar surface area (TPSA) is 124 Å². The Hall–Kier alpha value is -3.77. The van der Waals surface area contributed by atoms with Crippen LogP contribution in [0.1, 0.15) is 56.2 Å². The second-order valence-electron chi connectivity index (χ2n) is 10.9. The normalized spacial score (nSPS) is 18.3. The molecule has 2 aliphatic rings. The van der Waals surface area contributed by atoms with Crippen LogP contribution in [0.2, 0.25) is 0 Å². The van der Waals surface area contributed by atoms with Gasteiger partial charge in [0.25, 0.3) is 5.56 Å². The summed E-state index contributed by atoms with van der Waals surface area (Å²) >= 11 is 0. The second-order valence-corrected chi connectivity index (χ2v) is 13.0. The molecule has 4 heterocycles. The lowest BCUT2D eigenvalue weighted by atomic mass is 9.98. The number of likely N-dealkylation sites (N-methyl/N-ethyl adjacent to an activating group) is 1. The van der Waals surface area contributed by atoms with Crippen molar-refractivity contribution in [3.8, 4) is 5.75 Å². The number of imidazole rings is 1. The number of aromatic nitrogens is 5. The van der Waals surface area contributed by atoms with Crippen LogP contribution in [0.5, 0.6) is 5.75 Å². The molecule has 0 bridgehead atoms. The Morgan fingerprint density at radius 3 is 2.59 bits per heavy atom. The van der Waals surface area contributed by atoms with Gasteiger partial charge in [0, 0.05) is 23.8 Å². The van der Waals surface area contributed by atoms with E-state index < -0.39 is 20.8 Å². The zero-order valence-electron chi connectivity index (χ0n) is 23.4. The van der Waals surface area contributed by atoms with Crippen LogP contribution in [0, 0.1) is 0 Å². The molecule has 2 fully saturated rings.